The average molecular weight is 597 g/mol. The quantitative estimate of drug-likeness (QED) is 0.109. The van der Waals surface area contributed by atoms with Gasteiger partial charge in [0.05, 0.1) is 6.42 Å². The van der Waals surface area contributed by atoms with Gasteiger partial charge in [0.2, 0.25) is 11.4 Å². The molecule has 1 aliphatic rings. The number of nitrogens with two attached hydrogens (primary N) is 1. The maximum Gasteiger partial charge on any atom is 0.338 e. The van der Waals surface area contributed by atoms with Crippen LogP contribution in [0.2, 0.25) is 0 Å². The third kappa shape index (κ3) is 5.39. The zero-order valence-corrected chi connectivity index (χ0v) is 24.4. The van der Waals surface area contributed by atoms with Crippen molar-refractivity contribution in [1.82, 2.24) is 5.32 Å². The van der Waals surface area contributed by atoms with Crippen LogP contribution in [0, 0.1) is 0 Å². The Morgan fingerprint density at radius 1 is 0.644 bits per heavy atom. The molecule has 0 heterocycles. The van der Waals surface area contributed by atoms with E-state index in [1.807, 2.05) is 140 Å². The fourth-order valence-electron chi connectivity index (χ4n) is 6.25. The molecule has 7 heteroatoms. The second kappa shape index (κ2) is 12.2. The molecule has 5 aromatic rings. The highest BCUT2D eigenvalue weighted by atomic mass is 16.5. The van der Waals surface area contributed by atoms with E-state index in [1.165, 1.54) is 0 Å². The van der Waals surface area contributed by atoms with Gasteiger partial charge in [-0.05, 0) is 38.9 Å². The van der Waals surface area contributed by atoms with Gasteiger partial charge in [-0.15, -0.1) is 0 Å². The predicted molar refractivity (Wildman–Crippen MR) is 171 cm³/mol. The normalized spacial score (nSPS) is 13.6. The van der Waals surface area contributed by atoms with Crippen LogP contribution in [-0.4, -0.2) is 35.1 Å². The summed E-state index contributed by atoms with van der Waals surface area (Å²) in [5, 5.41) is 13.3. The summed E-state index contributed by atoms with van der Waals surface area (Å²) < 4.78 is 5.63. The zero-order valence-electron chi connectivity index (χ0n) is 24.4. The molecule has 0 radical (unpaired) electrons. The first-order chi connectivity index (χ1) is 21.8. The van der Waals surface area contributed by atoms with E-state index in [4.69, 9.17) is 10.5 Å². The summed E-state index contributed by atoms with van der Waals surface area (Å²) in [7, 11) is 0. The Kier molecular flexibility index (Phi) is 8.02. The summed E-state index contributed by atoms with van der Waals surface area (Å²) in [4.78, 5) is 40.0. The number of esters is 1. The van der Waals surface area contributed by atoms with Gasteiger partial charge in [0.25, 0.3) is 0 Å². The van der Waals surface area contributed by atoms with Crippen LogP contribution in [0.1, 0.15) is 40.2 Å². The molecule has 45 heavy (non-hydrogen) atoms. The van der Waals surface area contributed by atoms with Crippen LogP contribution in [-0.2, 0) is 24.7 Å². The van der Waals surface area contributed by atoms with E-state index in [-0.39, 0.29) is 12.5 Å². The van der Waals surface area contributed by atoms with E-state index in [0.717, 1.165) is 38.9 Å². The lowest BCUT2D eigenvalue weighted by atomic mass is 9.76. The minimum Gasteiger partial charge on any atom is -0.479 e. The van der Waals surface area contributed by atoms with Gasteiger partial charge in [0.1, 0.15) is 12.1 Å². The average Bonchev–Trinajstić information content (AvgIpc) is 3.40. The molecular weight excluding hydrogens is 564 g/mol. The molecule has 0 bridgehead atoms. The van der Waals surface area contributed by atoms with Crippen molar-refractivity contribution in [3.8, 4) is 11.1 Å². The molecule has 0 aliphatic heterocycles. The molecule has 1 aliphatic carbocycles. The molecule has 1 amide bonds. The Morgan fingerprint density at radius 2 is 1.04 bits per heavy atom. The van der Waals surface area contributed by atoms with Gasteiger partial charge in [0, 0.05) is 5.92 Å². The number of amides is 1. The summed E-state index contributed by atoms with van der Waals surface area (Å²) >= 11 is 0. The molecule has 0 saturated heterocycles. The number of aliphatic carboxylic acids is 1. The maximum absolute atomic E-state index is 13.9. The molecule has 7 nitrogen and oxygen atoms in total. The van der Waals surface area contributed by atoms with E-state index in [0.29, 0.717) is 0 Å². The number of hydrogen-bond acceptors (Lipinski definition) is 5. The van der Waals surface area contributed by atoms with Crippen molar-refractivity contribution in [2.45, 2.75) is 23.4 Å². The Labute approximate surface area is 261 Å². The standard InChI is InChI=1S/C38H32N2O5/c39-37(35(42)43,36(44)45-25-33-31-22-12-10-20-29(31)30-21-11-13-23-32(30)33)24-34(41)40-38(26-14-4-1-5-15-26,27-16-6-2-7-17-27)28-18-8-3-9-19-28/h1-23,33H,24-25,39H2,(H,40,41)(H,42,43)/t37-/m0/s1. The molecule has 5 aromatic carbocycles. The van der Waals surface area contributed by atoms with Crippen molar-refractivity contribution in [3.63, 3.8) is 0 Å². The van der Waals surface area contributed by atoms with Crippen molar-refractivity contribution >= 4 is 17.8 Å². The fourth-order valence-corrected chi connectivity index (χ4v) is 6.25. The largest absolute Gasteiger partial charge is 0.479 e. The lowest BCUT2D eigenvalue weighted by molar-refractivity contribution is -0.163. The van der Waals surface area contributed by atoms with Gasteiger partial charge in [-0.1, -0.05) is 140 Å². The van der Waals surface area contributed by atoms with Gasteiger partial charge < -0.3 is 20.9 Å². The highest BCUT2D eigenvalue weighted by molar-refractivity contribution is 6.07. The first kappa shape index (κ1) is 29.5. The molecule has 0 fully saturated rings. The molecule has 224 valence electrons. The van der Waals surface area contributed by atoms with Crippen molar-refractivity contribution in [2.75, 3.05) is 6.61 Å². The SMILES string of the molecule is N[C@@](CC(=O)NC(c1ccccc1)(c1ccccc1)c1ccccc1)(C(=O)O)C(=O)OCC1c2ccccc2-c2ccccc21. The van der Waals surface area contributed by atoms with Crippen LogP contribution in [0.4, 0.5) is 0 Å². The number of carbonyl (C=O) groups is 3. The Bertz CT molecular complexity index is 1700. The Hall–Kier alpha value is -5.53. The smallest absolute Gasteiger partial charge is 0.338 e. The number of hydrogen-bond donors (Lipinski definition) is 3. The van der Waals surface area contributed by atoms with Crippen molar-refractivity contribution in [2.24, 2.45) is 5.73 Å². The summed E-state index contributed by atoms with van der Waals surface area (Å²) in [5.41, 5.74) is 8.67. The lowest BCUT2D eigenvalue weighted by Crippen LogP contribution is -2.60. The Morgan fingerprint density at radius 3 is 1.47 bits per heavy atom. The first-order valence-corrected chi connectivity index (χ1v) is 14.7. The van der Waals surface area contributed by atoms with Crippen LogP contribution in [0.3, 0.4) is 0 Å². The van der Waals surface area contributed by atoms with Crippen molar-refractivity contribution < 1.29 is 24.2 Å². The van der Waals surface area contributed by atoms with E-state index >= 15 is 0 Å². The maximum atomic E-state index is 13.9. The zero-order chi connectivity index (χ0) is 31.4. The molecular formula is C38H32N2O5. The van der Waals surface area contributed by atoms with Crippen molar-refractivity contribution in [3.05, 3.63) is 167 Å². The number of carbonyl (C=O) groups excluding carboxylic acids is 2. The third-order valence-electron chi connectivity index (χ3n) is 8.48. The number of rotatable bonds is 10. The highest BCUT2D eigenvalue weighted by Gasteiger charge is 2.48. The molecule has 4 N–H and O–H groups in total. The van der Waals surface area contributed by atoms with Gasteiger partial charge in [-0.25, -0.2) is 9.59 Å². The Balaban J connectivity index is 1.29. The predicted octanol–water partition coefficient (Wildman–Crippen LogP) is 5.62. The number of fused-ring (bicyclic) bond motifs is 3. The number of carboxylic acids is 1. The van der Waals surface area contributed by atoms with E-state index in [2.05, 4.69) is 5.32 Å². The van der Waals surface area contributed by atoms with E-state index in [1.54, 1.807) is 0 Å². The first-order valence-electron chi connectivity index (χ1n) is 14.7. The summed E-state index contributed by atoms with van der Waals surface area (Å²) in [6.45, 7) is -0.122. The number of nitrogens with one attached hydrogen (secondary N) is 1. The third-order valence-corrected chi connectivity index (χ3v) is 8.48. The van der Waals surface area contributed by atoms with Crippen LogP contribution in [0.15, 0.2) is 140 Å². The molecule has 0 saturated carbocycles. The van der Waals surface area contributed by atoms with Crippen LogP contribution in [0.25, 0.3) is 11.1 Å². The second-order valence-electron chi connectivity index (χ2n) is 11.2. The van der Waals surface area contributed by atoms with Crippen molar-refractivity contribution in [1.29, 1.82) is 0 Å². The lowest BCUT2D eigenvalue weighted by Gasteiger charge is -2.37. The highest BCUT2D eigenvalue weighted by Crippen LogP contribution is 2.44. The number of ether oxygens (including phenoxy) is 1. The molecule has 1 atom stereocenters. The molecule has 6 rings (SSSR count). The number of benzene rings is 5. The summed E-state index contributed by atoms with van der Waals surface area (Å²) in [5.74, 6) is -3.86. The van der Waals surface area contributed by atoms with Crippen LogP contribution >= 0.6 is 0 Å². The minimum atomic E-state index is -2.63. The second-order valence-corrected chi connectivity index (χ2v) is 11.2. The fraction of sp³-hybridized carbons (Fsp3) is 0.132. The van der Waals surface area contributed by atoms with Crippen LogP contribution in [0.5, 0.6) is 0 Å². The van der Waals surface area contributed by atoms with E-state index in [9.17, 15) is 19.5 Å². The van der Waals surface area contributed by atoms with E-state index < -0.39 is 35.3 Å². The topological polar surface area (TPSA) is 119 Å². The number of carboxylic acid groups (broad SMARTS) is 1. The van der Waals surface area contributed by atoms with Crippen LogP contribution < -0.4 is 11.1 Å². The summed E-state index contributed by atoms with van der Waals surface area (Å²) in [6.07, 6.45) is -0.840. The molecule has 0 aromatic heterocycles. The van der Waals surface area contributed by atoms with Gasteiger partial charge in [0.15, 0.2) is 0 Å². The van der Waals surface area contributed by atoms with Gasteiger partial charge in [-0.3, -0.25) is 4.79 Å². The van der Waals surface area contributed by atoms with Gasteiger partial charge >= 0.3 is 11.9 Å². The minimum absolute atomic E-state index is 0.122. The monoisotopic (exact) mass is 596 g/mol. The van der Waals surface area contributed by atoms with Gasteiger partial charge in [-0.2, -0.15) is 0 Å². The summed E-state index contributed by atoms with van der Waals surface area (Å²) in [6, 6.07) is 43.8. The molecule has 0 unspecified atom stereocenters. The molecule has 0 spiro atoms.